The summed E-state index contributed by atoms with van der Waals surface area (Å²) >= 11 is 0. The molecule has 5 N–H and O–H groups in total. The molecule has 1 aromatic carbocycles. The summed E-state index contributed by atoms with van der Waals surface area (Å²) in [7, 11) is 0. The fraction of sp³-hybridized carbons (Fsp3) is 0.353. The van der Waals surface area contributed by atoms with E-state index in [4.69, 9.17) is 11.5 Å². The first-order valence-corrected chi connectivity index (χ1v) is 8.05. The summed E-state index contributed by atoms with van der Waals surface area (Å²) in [5.41, 5.74) is 12.7. The van der Waals surface area contributed by atoms with E-state index in [1.807, 2.05) is 18.2 Å². The van der Waals surface area contributed by atoms with E-state index in [1.165, 1.54) is 4.68 Å². The lowest BCUT2D eigenvalue weighted by Crippen LogP contribution is -2.28. The molecular weight excluding hydrogens is 342 g/mol. The normalized spacial score (nSPS) is 19.2. The van der Waals surface area contributed by atoms with E-state index in [-0.39, 0.29) is 36.0 Å². The summed E-state index contributed by atoms with van der Waals surface area (Å²) in [5.74, 6) is -0.416. The summed E-state index contributed by atoms with van der Waals surface area (Å²) < 4.78 is 1.52. The fourth-order valence-corrected chi connectivity index (χ4v) is 3.13. The van der Waals surface area contributed by atoms with Gasteiger partial charge in [-0.2, -0.15) is 5.10 Å². The van der Waals surface area contributed by atoms with Crippen LogP contribution in [-0.4, -0.2) is 27.6 Å². The van der Waals surface area contributed by atoms with E-state index >= 15 is 0 Å². The first kappa shape index (κ1) is 19.0. The van der Waals surface area contributed by atoms with Crippen molar-refractivity contribution in [1.82, 2.24) is 9.78 Å². The zero-order valence-electron chi connectivity index (χ0n) is 13.7. The van der Waals surface area contributed by atoms with Gasteiger partial charge in [0.25, 0.3) is 5.91 Å². The molecule has 134 valence electrons. The molecule has 2 aromatic rings. The molecule has 1 aromatic heterocycles. The number of benzene rings is 1. The summed E-state index contributed by atoms with van der Waals surface area (Å²) in [6.07, 6.45) is 5.12. The van der Waals surface area contributed by atoms with Gasteiger partial charge in [-0.3, -0.25) is 9.59 Å². The first-order chi connectivity index (χ1) is 11.5. The van der Waals surface area contributed by atoms with Crippen LogP contribution >= 0.6 is 12.4 Å². The number of aromatic nitrogens is 2. The van der Waals surface area contributed by atoms with Crippen molar-refractivity contribution in [2.45, 2.75) is 31.7 Å². The second-order valence-electron chi connectivity index (χ2n) is 6.13. The molecule has 0 radical (unpaired) electrons. The fourth-order valence-electron chi connectivity index (χ4n) is 3.13. The molecular formula is C17H22ClN5O2. The van der Waals surface area contributed by atoms with Gasteiger partial charge >= 0.3 is 0 Å². The molecule has 8 heteroatoms. The number of nitrogens with one attached hydrogen (secondary N) is 1. The number of hydrogen-bond donors (Lipinski definition) is 3. The van der Waals surface area contributed by atoms with Crippen molar-refractivity contribution in [2.75, 3.05) is 5.32 Å². The Labute approximate surface area is 152 Å². The van der Waals surface area contributed by atoms with Crippen molar-refractivity contribution in [3.05, 3.63) is 42.2 Å². The maximum atomic E-state index is 12.3. The highest BCUT2D eigenvalue weighted by Crippen LogP contribution is 2.27. The Hall–Kier alpha value is -2.38. The van der Waals surface area contributed by atoms with Gasteiger partial charge in [-0.25, -0.2) is 4.68 Å². The standard InChI is InChI=1S/C17H21N5O2.ClH/c18-12-5-3-4-11(12)10-16(23)20-13-6-1-2-7-15(13)22-9-8-14(21-22)17(19)24;/h1-2,6-9,11-12H,3-5,10,18H2,(H2,19,24)(H,20,23);1H/t11-,12+;/m0./s1. The number of primary amides is 1. The van der Waals surface area contributed by atoms with Crippen LogP contribution in [0.1, 0.15) is 36.2 Å². The van der Waals surface area contributed by atoms with Crippen molar-refractivity contribution in [2.24, 2.45) is 17.4 Å². The molecule has 2 atom stereocenters. The van der Waals surface area contributed by atoms with Gasteiger partial charge in [0.15, 0.2) is 0 Å². The predicted octanol–water partition coefficient (Wildman–Crippen LogP) is 1.85. The van der Waals surface area contributed by atoms with Crippen molar-refractivity contribution in [1.29, 1.82) is 0 Å². The van der Waals surface area contributed by atoms with Crippen LogP contribution in [0.2, 0.25) is 0 Å². The Morgan fingerprint density at radius 3 is 2.64 bits per heavy atom. The molecule has 0 spiro atoms. The lowest BCUT2D eigenvalue weighted by Gasteiger charge is -2.16. The van der Waals surface area contributed by atoms with E-state index in [1.54, 1.807) is 18.3 Å². The molecule has 1 fully saturated rings. The minimum Gasteiger partial charge on any atom is -0.364 e. The van der Waals surface area contributed by atoms with Gasteiger partial charge in [0.2, 0.25) is 5.91 Å². The van der Waals surface area contributed by atoms with Crippen LogP contribution in [0.5, 0.6) is 0 Å². The molecule has 2 amide bonds. The molecule has 0 aliphatic heterocycles. The van der Waals surface area contributed by atoms with Gasteiger partial charge in [-0.15, -0.1) is 12.4 Å². The molecule has 1 saturated carbocycles. The van der Waals surface area contributed by atoms with Crippen LogP contribution in [0, 0.1) is 5.92 Å². The molecule has 25 heavy (non-hydrogen) atoms. The smallest absolute Gasteiger partial charge is 0.269 e. The number of nitrogens with zero attached hydrogens (tertiary/aromatic N) is 2. The predicted molar refractivity (Wildman–Crippen MR) is 97.9 cm³/mol. The SMILES string of the molecule is Cl.NC(=O)c1ccn(-c2ccccc2NC(=O)C[C@@H]2CCC[C@H]2N)n1. The number of carbonyl (C=O) groups is 2. The monoisotopic (exact) mass is 363 g/mol. The Morgan fingerprint density at radius 1 is 1.24 bits per heavy atom. The van der Waals surface area contributed by atoms with E-state index in [0.717, 1.165) is 19.3 Å². The third kappa shape index (κ3) is 4.37. The van der Waals surface area contributed by atoms with Crippen LogP contribution in [0.25, 0.3) is 5.69 Å². The Balaban J connectivity index is 0.00000225. The highest BCUT2D eigenvalue weighted by molar-refractivity contribution is 5.93. The van der Waals surface area contributed by atoms with Crippen LogP contribution in [0.15, 0.2) is 36.5 Å². The average Bonchev–Trinajstić information content (AvgIpc) is 3.18. The molecule has 3 rings (SSSR count). The first-order valence-electron chi connectivity index (χ1n) is 8.05. The van der Waals surface area contributed by atoms with Crippen molar-refractivity contribution in [3.8, 4) is 5.69 Å². The highest BCUT2D eigenvalue weighted by Gasteiger charge is 2.26. The van der Waals surface area contributed by atoms with Crippen LogP contribution in [0.3, 0.4) is 0 Å². The Kier molecular flexibility index (Phi) is 6.17. The Bertz CT molecular complexity index is 761. The molecule has 1 heterocycles. The molecule has 1 aliphatic rings. The van der Waals surface area contributed by atoms with Crippen LogP contribution in [-0.2, 0) is 4.79 Å². The second-order valence-corrected chi connectivity index (χ2v) is 6.13. The van der Waals surface area contributed by atoms with Gasteiger partial charge in [0.1, 0.15) is 5.69 Å². The maximum Gasteiger partial charge on any atom is 0.269 e. The third-order valence-electron chi connectivity index (χ3n) is 4.43. The number of rotatable bonds is 5. The van der Waals surface area contributed by atoms with Crippen molar-refractivity contribution < 1.29 is 9.59 Å². The molecule has 7 nitrogen and oxygen atoms in total. The van der Waals surface area contributed by atoms with Crippen LogP contribution in [0.4, 0.5) is 5.69 Å². The molecule has 0 unspecified atom stereocenters. The third-order valence-corrected chi connectivity index (χ3v) is 4.43. The number of amides is 2. The van der Waals surface area contributed by atoms with Gasteiger partial charge in [0, 0.05) is 18.7 Å². The zero-order chi connectivity index (χ0) is 17.1. The second kappa shape index (κ2) is 8.13. The van der Waals surface area contributed by atoms with Gasteiger partial charge in [-0.05, 0) is 37.0 Å². The molecule has 1 aliphatic carbocycles. The maximum absolute atomic E-state index is 12.3. The lowest BCUT2D eigenvalue weighted by molar-refractivity contribution is -0.117. The number of halogens is 1. The number of anilines is 1. The summed E-state index contributed by atoms with van der Waals surface area (Å²) in [6.45, 7) is 0. The number of carbonyl (C=O) groups excluding carboxylic acids is 2. The van der Waals surface area contributed by atoms with Gasteiger partial charge in [0.05, 0.1) is 11.4 Å². The number of nitrogens with two attached hydrogens (primary N) is 2. The lowest BCUT2D eigenvalue weighted by atomic mass is 10.00. The van der Waals surface area contributed by atoms with Gasteiger partial charge < -0.3 is 16.8 Å². The summed E-state index contributed by atoms with van der Waals surface area (Å²) in [4.78, 5) is 23.5. The largest absolute Gasteiger partial charge is 0.364 e. The number of para-hydroxylation sites is 2. The van der Waals surface area contributed by atoms with E-state index in [9.17, 15) is 9.59 Å². The summed E-state index contributed by atoms with van der Waals surface area (Å²) in [6, 6.07) is 8.93. The zero-order valence-corrected chi connectivity index (χ0v) is 14.5. The van der Waals surface area contributed by atoms with Crippen molar-refractivity contribution >= 4 is 29.9 Å². The minimum atomic E-state index is -0.592. The molecule has 0 saturated heterocycles. The minimum absolute atomic E-state index is 0. The Morgan fingerprint density at radius 2 is 2.00 bits per heavy atom. The van der Waals surface area contributed by atoms with E-state index in [0.29, 0.717) is 17.8 Å². The van der Waals surface area contributed by atoms with Gasteiger partial charge in [-0.1, -0.05) is 18.6 Å². The van der Waals surface area contributed by atoms with E-state index in [2.05, 4.69) is 10.4 Å². The van der Waals surface area contributed by atoms with Crippen molar-refractivity contribution in [3.63, 3.8) is 0 Å². The summed E-state index contributed by atoms with van der Waals surface area (Å²) in [5, 5.41) is 7.06. The topological polar surface area (TPSA) is 116 Å². The van der Waals surface area contributed by atoms with E-state index < -0.39 is 5.91 Å². The molecule has 0 bridgehead atoms. The van der Waals surface area contributed by atoms with Crippen LogP contribution < -0.4 is 16.8 Å². The quantitative estimate of drug-likeness (QED) is 0.751. The highest BCUT2D eigenvalue weighted by atomic mass is 35.5. The average molecular weight is 364 g/mol. The number of hydrogen-bond acceptors (Lipinski definition) is 4.